The van der Waals surface area contributed by atoms with Crippen LogP contribution in [0.2, 0.25) is 0 Å². The summed E-state index contributed by atoms with van der Waals surface area (Å²) in [6.45, 7) is 3.12. The molecule has 0 unspecified atom stereocenters. The molecule has 1 aliphatic heterocycles. The first-order valence-corrected chi connectivity index (χ1v) is 5.56. The lowest BCUT2D eigenvalue weighted by molar-refractivity contribution is 0.655. The van der Waals surface area contributed by atoms with Crippen molar-refractivity contribution >= 4 is 5.84 Å². The highest BCUT2D eigenvalue weighted by Crippen LogP contribution is 2.12. The quantitative estimate of drug-likeness (QED) is 0.801. The minimum absolute atomic E-state index is 0.301. The predicted molar refractivity (Wildman–Crippen MR) is 61.9 cm³/mol. The molecule has 0 radical (unpaired) electrons. The zero-order valence-electron chi connectivity index (χ0n) is 9.11. The third kappa shape index (κ3) is 2.78. The van der Waals surface area contributed by atoms with Crippen molar-refractivity contribution < 1.29 is 0 Å². The van der Waals surface area contributed by atoms with Crippen LogP contribution in [0.15, 0.2) is 29.5 Å². The zero-order valence-corrected chi connectivity index (χ0v) is 9.11. The number of aromatic nitrogens is 1. The molecular formula is C12H17N3. The van der Waals surface area contributed by atoms with E-state index in [1.54, 1.807) is 6.20 Å². The van der Waals surface area contributed by atoms with Crippen molar-refractivity contribution in [1.82, 2.24) is 10.3 Å². The lowest BCUT2D eigenvalue weighted by Gasteiger charge is -2.19. The molecule has 0 saturated heterocycles. The van der Waals surface area contributed by atoms with Crippen LogP contribution in [0.3, 0.4) is 0 Å². The van der Waals surface area contributed by atoms with Crippen molar-refractivity contribution in [2.24, 2.45) is 4.99 Å². The second-order valence-corrected chi connectivity index (χ2v) is 3.94. The number of hydrogen-bond donors (Lipinski definition) is 1. The van der Waals surface area contributed by atoms with E-state index in [2.05, 4.69) is 28.3 Å². The molecule has 1 N–H and O–H groups in total. The average molecular weight is 203 g/mol. The van der Waals surface area contributed by atoms with E-state index < -0.39 is 0 Å². The first kappa shape index (κ1) is 10.1. The second-order valence-electron chi connectivity index (χ2n) is 3.94. The van der Waals surface area contributed by atoms with Crippen LogP contribution in [0.1, 0.15) is 37.8 Å². The highest BCUT2D eigenvalue weighted by Gasteiger charge is 2.09. The van der Waals surface area contributed by atoms with Crippen LogP contribution in [0, 0.1) is 0 Å². The van der Waals surface area contributed by atoms with Gasteiger partial charge in [-0.15, -0.1) is 0 Å². The van der Waals surface area contributed by atoms with Crippen molar-refractivity contribution in [1.29, 1.82) is 0 Å². The Balaban J connectivity index is 1.97. The monoisotopic (exact) mass is 203 g/mol. The van der Waals surface area contributed by atoms with Gasteiger partial charge in [-0.1, -0.05) is 6.07 Å². The molecule has 0 aliphatic carbocycles. The summed E-state index contributed by atoms with van der Waals surface area (Å²) in [5, 5.41) is 3.45. The maximum atomic E-state index is 4.48. The summed E-state index contributed by atoms with van der Waals surface area (Å²) in [6, 6.07) is 4.36. The number of amidine groups is 1. The van der Waals surface area contributed by atoms with Gasteiger partial charge in [0.2, 0.25) is 0 Å². The Morgan fingerprint density at radius 3 is 3.00 bits per heavy atom. The molecular weight excluding hydrogens is 186 g/mol. The smallest absolute Gasteiger partial charge is 0.0967 e. The number of hydrogen-bond acceptors (Lipinski definition) is 3. The number of nitrogens with zero attached hydrogens (tertiary/aromatic N) is 2. The van der Waals surface area contributed by atoms with Gasteiger partial charge >= 0.3 is 0 Å². The summed E-state index contributed by atoms with van der Waals surface area (Å²) < 4.78 is 0. The minimum Gasteiger partial charge on any atom is -0.367 e. The van der Waals surface area contributed by atoms with E-state index in [4.69, 9.17) is 0 Å². The second kappa shape index (κ2) is 4.91. The van der Waals surface area contributed by atoms with Crippen LogP contribution in [0.4, 0.5) is 0 Å². The van der Waals surface area contributed by atoms with Gasteiger partial charge in [-0.25, -0.2) is 0 Å². The molecule has 0 amide bonds. The molecule has 3 nitrogen and oxygen atoms in total. The molecule has 1 aromatic rings. The summed E-state index contributed by atoms with van der Waals surface area (Å²) >= 11 is 0. The van der Waals surface area contributed by atoms with Crippen LogP contribution in [-0.4, -0.2) is 17.4 Å². The topological polar surface area (TPSA) is 37.3 Å². The Morgan fingerprint density at radius 2 is 2.33 bits per heavy atom. The molecule has 1 atom stereocenters. The Hall–Kier alpha value is -1.38. The molecule has 0 fully saturated rings. The van der Waals surface area contributed by atoms with Crippen molar-refractivity contribution in [2.75, 3.05) is 6.54 Å². The normalized spacial score (nSPS) is 18.1. The Labute approximate surface area is 90.6 Å². The molecule has 0 bridgehead atoms. The summed E-state index contributed by atoms with van der Waals surface area (Å²) in [4.78, 5) is 8.60. The van der Waals surface area contributed by atoms with Crippen LogP contribution < -0.4 is 5.32 Å². The highest BCUT2D eigenvalue weighted by atomic mass is 15.0. The van der Waals surface area contributed by atoms with Gasteiger partial charge in [0, 0.05) is 25.4 Å². The molecule has 0 saturated carbocycles. The Kier molecular flexibility index (Phi) is 3.33. The molecule has 1 aliphatic rings. The highest BCUT2D eigenvalue weighted by molar-refractivity contribution is 5.83. The van der Waals surface area contributed by atoms with Crippen molar-refractivity contribution in [3.63, 3.8) is 0 Å². The van der Waals surface area contributed by atoms with Gasteiger partial charge in [-0.3, -0.25) is 9.98 Å². The van der Waals surface area contributed by atoms with Gasteiger partial charge in [0.05, 0.1) is 11.9 Å². The number of pyridine rings is 1. The molecule has 2 rings (SSSR count). The standard InChI is InChI=1S/C12H17N3/c1-10(11-5-4-7-13-9-11)15-12-6-2-3-8-14-12/h4-5,7,9-10H,2-3,6,8H2,1H3,(H,14,15)/t10-/m1/s1. The zero-order chi connectivity index (χ0) is 10.5. The van der Waals surface area contributed by atoms with E-state index >= 15 is 0 Å². The fraction of sp³-hybridized carbons (Fsp3) is 0.500. The molecule has 15 heavy (non-hydrogen) atoms. The predicted octanol–water partition coefficient (Wildman–Crippen LogP) is 2.31. The molecule has 0 aromatic carbocycles. The van der Waals surface area contributed by atoms with Crippen LogP contribution >= 0.6 is 0 Å². The van der Waals surface area contributed by atoms with Gasteiger partial charge in [0.1, 0.15) is 0 Å². The fourth-order valence-electron chi connectivity index (χ4n) is 1.78. The molecule has 0 spiro atoms. The maximum absolute atomic E-state index is 4.48. The first-order valence-electron chi connectivity index (χ1n) is 5.56. The van der Waals surface area contributed by atoms with Gasteiger partial charge in [0.25, 0.3) is 0 Å². The number of nitrogens with one attached hydrogen (secondary N) is 1. The number of aliphatic imine (C=N–C) groups is 1. The van der Waals surface area contributed by atoms with E-state index in [0.29, 0.717) is 6.04 Å². The van der Waals surface area contributed by atoms with Gasteiger partial charge in [-0.2, -0.15) is 0 Å². The Bertz CT molecular complexity index is 332. The lowest BCUT2D eigenvalue weighted by Crippen LogP contribution is -2.28. The van der Waals surface area contributed by atoms with Gasteiger partial charge in [-0.05, 0) is 31.4 Å². The summed E-state index contributed by atoms with van der Waals surface area (Å²) in [5.74, 6) is 1.15. The Morgan fingerprint density at radius 1 is 1.40 bits per heavy atom. The van der Waals surface area contributed by atoms with E-state index in [0.717, 1.165) is 18.8 Å². The van der Waals surface area contributed by atoms with E-state index in [1.165, 1.54) is 18.4 Å². The van der Waals surface area contributed by atoms with E-state index in [-0.39, 0.29) is 0 Å². The van der Waals surface area contributed by atoms with E-state index in [1.807, 2.05) is 12.3 Å². The van der Waals surface area contributed by atoms with Crippen LogP contribution in [-0.2, 0) is 0 Å². The maximum Gasteiger partial charge on any atom is 0.0967 e. The summed E-state index contributed by atoms with van der Waals surface area (Å²) in [7, 11) is 0. The summed E-state index contributed by atoms with van der Waals surface area (Å²) in [5.41, 5.74) is 1.21. The molecule has 3 heteroatoms. The third-order valence-corrected chi connectivity index (χ3v) is 2.69. The van der Waals surface area contributed by atoms with E-state index in [9.17, 15) is 0 Å². The van der Waals surface area contributed by atoms with Crippen LogP contribution in [0.5, 0.6) is 0 Å². The first-order chi connectivity index (χ1) is 7.36. The summed E-state index contributed by atoms with van der Waals surface area (Å²) in [6.07, 6.45) is 7.28. The average Bonchev–Trinajstić information content (AvgIpc) is 2.31. The van der Waals surface area contributed by atoms with Gasteiger partial charge in [0.15, 0.2) is 0 Å². The van der Waals surface area contributed by atoms with Gasteiger partial charge < -0.3 is 5.32 Å². The molecule has 1 aromatic heterocycles. The van der Waals surface area contributed by atoms with Crippen molar-refractivity contribution in [2.45, 2.75) is 32.2 Å². The fourth-order valence-corrected chi connectivity index (χ4v) is 1.78. The minimum atomic E-state index is 0.301. The third-order valence-electron chi connectivity index (χ3n) is 2.69. The van der Waals surface area contributed by atoms with Crippen molar-refractivity contribution in [3.8, 4) is 0 Å². The number of rotatable bonds is 2. The molecule has 2 heterocycles. The largest absolute Gasteiger partial charge is 0.367 e. The van der Waals surface area contributed by atoms with Crippen molar-refractivity contribution in [3.05, 3.63) is 30.1 Å². The van der Waals surface area contributed by atoms with Crippen LogP contribution in [0.25, 0.3) is 0 Å². The lowest BCUT2D eigenvalue weighted by atomic mass is 10.1. The SMILES string of the molecule is C[C@@H](NC1=NCCCC1)c1cccnc1. The molecule has 80 valence electrons.